The van der Waals surface area contributed by atoms with E-state index in [-0.39, 0.29) is 5.91 Å². The average molecular weight is 214 g/mol. The zero-order chi connectivity index (χ0) is 11.6. The van der Waals surface area contributed by atoms with Crippen molar-refractivity contribution >= 4 is 5.91 Å². The molecule has 1 saturated heterocycles. The Balaban J connectivity index is 2.72. The van der Waals surface area contributed by atoms with E-state index in [0.717, 1.165) is 6.54 Å². The third-order valence-corrected chi connectivity index (χ3v) is 2.89. The molecule has 4 heteroatoms. The van der Waals surface area contributed by atoms with Crippen LogP contribution in [0.3, 0.4) is 0 Å². The third-order valence-electron chi connectivity index (χ3n) is 2.89. The normalized spacial score (nSPS) is 28.1. The zero-order valence-corrected chi connectivity index (χ0v) is 10.4. The van der Waals surface area contributed by atoms with Gasteiger partial charge in [-0.05, 0) is 20.8 Å². The van der Waals surface area contributed by atoms with Gasteiger partial charge in [-0.25, -0.2) is 0 Å². The van der Waals surface area contributed by atoms with Crippen LogP contribution >= 0.6 is 0 Å². The molecule has 0 saturated carbocycles. The molecule has 1 heterocycles. The van der Waals surface area contributed by atoms with Crippen molar-refractivity contribution in [1.82, 2.24) is 9.80 Å². The number of likely N-dealkylation sites (N-methyl/N-ethyl adjacent to an activating group) is 1. The number of nitrogens with zero attached hydrogens (tertiary/aromatic N) is 2. The first-order valence-electron chi connectivity index (χ1n) is 5.46. The summed E-state index contributed by atoms with van der Waals surface area (Å²) in [6, 6.07) is 0.461. The van der Waals surface area contributed by atoms with Gasteiger partial charge in [0.15, 0.2) is 5.60 Å². The lowest BCUT2D eigenvalue weighted by atomic mass is 10.0. The summed E-state index contributed by atoms with van der Waals surface area (Å²) in [5.41, 5.74) is -0.675. The maximum absolute atomic E-state index is 12.0. The van der Waals surface area contributed by atoms with Gasteiger partial charge in [0, 0.05) is 33.2 Å². The number of amides is 1. The Morgan fingerprint density at radius 3 is 2.53 bits per heavy atom. The van der Waals surface area contributed by atoms with Crippen molar-refractivity contribution in [2.75, 3.05) is 33.8 Å². The SMILES string of the molecule is CC(C)N1CCOC(C)(C(=O)N(C)C)C1. The van der Waals surface area contributed by atoms with E-state index in [9.17, 15) is 4.79 Å². The van der Waals surface area contributed by atoms with E-state index >= 15 is 0 Å². The zero-order valence-electron chi connectivity index (χ0n) is 10.4. The summed E-state index contributed by atoms with van der Waals surface area (Å²) in [5, 5.41) is 0. The van der Waals surface area contributed by atoms with Gasteiger partial charge in [0.2, 0.25) is 0 Å². The van der Waals surface area contributed by atoms with Crippen molar-refractivity contribution in [3.05, 3.63) is 0 Å². The van der Waals surface area contributed by atoms with Crippen LogP contribution < -0.4 is 0 Å². The van der Waals surface area contributed by atoms with E-state index in [1.807, 2.05) is 6.92 Å². The fourth-order valence-corrected chi connectivity index (χ4v) is 1.94. The van der Waals surface area contributed by atoms with Gasteiger partial charge in [-0.3, -0.25) is 9.69 Å². The number of carbonyl (C=O) groups is 1. The molecule has 0 N–H and O–H groups in total. The average Bonchev–Trinajstić information content (AvgIpc) is 2.16. The minimum Gasteiger partial charge on any atom is -0.363 e. The molecule has 0 aromatic rings. The van der Waals surface area contributed by atoms with Crippen molar-refractivity contribution in [3.8, 4) is 0 Å². The summed E-state index contributed by atoms with van der Waals surface area (Å²) in [4.78, 5) is 15.8. The molecule has 1 rings (SSSR count). The number of ether oxygens (including phenoxy) is 1. The number of carbonyl (C=O) groups excluding carboxylic acids is 1. The molecule has 4 nitrogen and oxygen atoms in total. The van der Waals surface area contributed by atoms with Crippen LogP contribution in [0, 0.1) is 0 Å². The number of hydrogen-bond acceptors (Lipinski definition) is 3. The molecular formula is C11H22N2O2. The molecule has 0 aromatic carbocycles. The summed E-state index contributed by atoms with van der Waals surface area (Å²) in [7, 11) is 3.54. The van der Waals surface area contributed by atoms with Gasteiger partial charge in [-0.1, -0.05) is 0 Å². The van der Waals surface area contributed by atoms with Gasteiger partial charge in [-0.15, -0.1) is 0 Å². The second kappa shape index (κ2) is 4.49. The molecule has 15 heavy (non-hydrogen) atoms. The Kier molecular flexibility index (Phi) is 3.73. The molecular weight excluding hydrogens is 192 g/mol. The third kappa shape index (κ3) is 2.69. The molecule has 1 fully saturated rings. The lowest BCUT2D eigenvalue weighted by Crippen LogP contribution is -2.59. The molecule has 0 aliphatic carbocycles. The first-order chi connectivity index (χ1) is 6.87. The fraction of sp³-hybridized carbons (Fsp3) is 0.909. The van der Waals surface area contributed by atoms with Crippen molar-refractivity contribution < 1.29 is 9.53 Å². The molecule has 0 spiro atoms. The highest BCUT2D eigenvalue weighted by molar-refractivity contribution is 5.84. The quantitative estimate of drug-likeness (QED) is 0.674. The van der Waals surface area contributed by atoms with Crippen LogP contribution in [0.1, 0.15) is 20.8 Å². The molecule has 1 aliphatic rings. The first-order valence-corrected chi connectivity index (χ1v) is 5.46. The number of morpholine rings is 1. The Labute approximate surface area is 92.2 Å². The van der Waals surface area contributed by atoms with Gasteiger partial charge in [0.1, 0.15) is 0 Å². The lowest BCUT2D eigenvalue weighted by Gasteiger charge is -2.42. The molecule has 0 aromatic heterocycles. The van der Waals surface area contributed by atoms with E-state index in [1.54, 1.807) is 19.0 Å². The summed E-state index contributed by atoms with van der Waals surface area (Å²) in [5.74, 6) is 0.0489. The Morgan fingerprint density at radius 1 is 1.47 bits per heavy atom. The van der Waals surface area contributed by atoms with Gasteiger partial charge < -0.3 is 9.64 Å². The van der Waals surface area contributed by atoms with Gasteiger partial charge in [0.25, 0.3) is 5.91 Å². The highest BCUT2D eigenvalue weighted by atomic mass is 16.5. The highest BCUT2D eigenvalue weighted by Crippen LogP contribution is 2.21. The predicted octanol–water partition coefficient (Wildman–Crippen LogP) is 0.574. The van der Waals surface area contributed by atoms with Crippen LogP contribution in [0.2, 0.25) is 0 Å². The maximum atomic E-state index is 12.0. The van der Waals surface area contributed by atoms with Crippen LogP contribution in [-0.4, -0.2) is 61.1 Å². The highest BCUT2D eigenvalue weighted by Gasteiger charge is 2.40. The standard InChI is InChI=1S/C11H22N2O2/c1-9(2)13-6-7-15-11(3,8-13)10(14)12(4)5/h9H,6-8H2,1-5H3. The van der Waals surface area contributed by atoms with Gasteiger partial charge in [0.05, 0.1) is 6.61 Å². The Morgan fingerprint density at radius 2 is 2.07 bits per heavy atom. The predicted molar refractivity (Wildman–Crippen MR) is 59.8 cm³/mol. The molecule has 88 valence electrons. The topological polar surface area (TPSA) is 32.8 Å². The van der Waals surface area contributed by atoms with Crippen LogP contribution in [0.5, 0.6) is 0 Å². The second-order valence-corrected chi connectivity index (χ2v) is 4.84. The minimum absolute atomic E-state index is 0.0489. The molecule has 1 amide bonds. The molecule has 1 aliphatic heterocycles. The van der Waals surface area contributed by atoms with E-state index in [2.05, 4.69) is 18.7 Å². The van der Waals surface area contributed by atoms with Crippen molar-refractivity contribution in [1.29, 1.82) is 0 Å². The number of hydrogen-bond donors (Lipinski definition) is 0. The lowest BCUT2D eigenvalue weighted by molar-refractivity contribution is -0.166. The molecule has 1 unspecified atom stereocenters. The van der Waals surface area contributed by atoms with Crippen molar-refractivity contribution in [2.24, 2.45) is 0 Å². The van der Waals surface area contributed by atoms with Gasteiger partial charge in [-0.2, -0.15) is 0 Å². The van der Waals surface area contributed by atoms with Crippen LogP contribution in [0.4, 0.5) is 0 Å². The van der Waals surface area contributed by atoms with E-state index in [1.165, 1.54) is 0 Å². The summed E-state index contributed by atoms with van der Waals surface area (Å²) in [6.07, 6.45) is 0. The molecule has 1 atom stereocenters. The van der Waals surface area contributed by atoms with E-state index < -0.39 is 5.60 Å². The summed E-state index contributed by atoms with van der Waals surface area (Å²) >= 11 is 0. The van der Waals surface area contributed by atoms with E-state index in [0.29, 0.717) is 19.2 Å². The minimum atomic E-state index is -0.675. The monoisotopic (exact) mass is 214 g/mol. The van der Waals surface area contributed by atoms with Gasteiger partial charge >= 0.3 is 0 Å². The molecule has 0 bridgehead atoms. The summed E-state index contributed by atoms with van der Waals surface area (Å²) in [6.45, 7) is 8.39. The van der Waals surface area contributed by atoms with Crippen LogP contribution in [0.25, 0.3) is 0 Å². The number of rotatable bonds is 2. The largest absolute Gasteiger partial charge is 0.363 e. The molecule has 0 radical (unpaired) electrons. The maximum Gasteiger partial charge on any atom is 0.255 e. The smallest absolute Gasteiger partial charge is 0.255 e. The second-order valence-electron chi connectivity index (χ2n) is 4.84. The Bertz CT molecular complexity index is 241. The fourth-order valence-electron chi connectivity index (χ4n) is 1.94. The van der Waals surface area contributed by atoms with Crippen molar-refractivity contribution in [2.45, 2.75) is 32.4 Å². The Hall–Kier alpha value is -0.610. The van der Waals surface area contributed by atoms with Crippen LogP contribution in [0.15, 0.2) is 0 Å². The first kappa shape index (κ1) is 12.5. The summed E-state index contributed by atoms with van der Waals surface area (Å²) < 4.78 is 5.64. The van der Waals surface area contributed by atoms with Crippen LogP contribution in [-0.2, 0) is 9.53 Å². The van der Waals surface area contributed by atoms with Crippen molar-refractivity contribution in [3.63, 3.8) is 0 Å². The van der Waals surface area contributed by atoms with E-state index in [4.69, 9.17) is 4.74 Å².